The smallest absolute Gasteiger partial charge is 0.191 e. The van der Waals surface area contributed by atoms with E-state index in [1.165, 1.54) is 25.7 Å². The van der Waals surface area contributed by atoms with Crippen molar-refractivity contribution in [3.8, 4) is 0 Å². The Balaban J connectivity index is 0.00000225. The first-order valence-electron chi connectivity index (χ1n) is 9.82. The third kappa shape index (κ3) is 4.10. The van der Waals surface area contributed by atoms with Crippen LogP contribution in [0.5, 0.6) is 0 Å². The molecule has 3 rings (SSSR count). The number of hydrogen-bond donors (Lipinski definition) is 2. The second-order valence-corrected chi connectivity index (χ2v) is 7.98. The second kappa shape index (κ2) is 9.22. The summed E-state index contributed by atoms with van der Waals surface area (Å²) in [5.74, 6) is 2.16. The molecular formula is C19H36IN3O2. The van der Waals surface area contributed by atoms with E-state index in [4.69, 9.17) is 9.47 Å². The Morgan fingerprint density at radius 1 is 1.36 bits per heavy atom. The van der Waals surface area contributed by atoms with Gasteiger partial charge in [0.05, 0.1) is 12.2 Å². The van der Waals surface area contributed by atoms with E-state index in [-0.39, 0.29) is 24.0 Å². The van der Waals surface area contributed by atoms with Gasteiger partial charge in [0, 0.05) is 44.2 Å². The van der Waals surface area contributed by atoms with Gasteiger partial charge in [-0.3, -0.25) is 4.99 Å². The molecule has 0 amide bonds. The molecule has 1 spiro atoms. The molecular weight excluding hydrogens is 429 g/mol. The summed E-state index contributed by atoms with van der Waals surface area (Å²) < 4.78 is 11.8. The molecule has 2 N–H and O–H groups in total. The highest BCUT2D eigenvalue weighted by Gasteiger charge is 2.66. The Kier molecular flexibility index (Phi) is 7.83. The van der Waals surface area contributed by atoms with Gasteiger partial charge < -0.3 is 20.1 Å². The van der Waals surface area contributed by atoms with E-state index in [0.29, 0.717) is 35.5 Å². The number of nitrogens with one attached hydrogen (secondary N) is 2. The molecule has 5 nitrogen and oxygen atoms in total. The molecule has 0 bridgehead atoms. The maximum Gasteiger partial charge on any atom is 0.191 e. The van der Waals surface area contributed by atoms with Gasteiger partial charge in [-0.1, -0.05) is 20.3 Å². The van der Waals surface area contributed by atoms with Crippen molar-refractivity contribution in [3.63, 3.8) is 0 Å². The van der Waals surface area contributed by atoms with Gasteiger partial charge in [0.2, 0.25) is 0 Å². The number of nitrogens with zero attached hydrogens (tertiary/aromatic N) is 1. The molecule has 0 aromatic heterocycles. The number of ether oxygens (including phenoxy) is 2. The van der Waals surface area contributed by atoms with Crippen molar-refractivity contribution in [2.45, 2.75) is 71.1 Å². The zero-order valence-corrected chi connectivity index (χ0v) is 18.5. The van der Waals surface area contributed by atoms with Crippen LogP contribution in [0.4, 0.5) is 0 Å². The van der Waals surface area contributed by atoms with Crippen LogP contribution >= 0.6 is 24.0 Å². The van der Waals surface area contributed by atoms with Gasteiger partial charge in [-0.25, -0.2) is 0 Å². The van der Waals surface area contributed by atoms with Crippen LogP contribution in [0.15, 0.2) is 4.99 Å². The van der Waals surface area contributed by atoms with Crippen LogP contribution in [0.25, 0.3) is 0 Å². The summed E-state index contributed by atoms with van der Waals surface area (Å²) >= 11 is 0. The average molecular weight is 465 g/mol. The van der Waals surface area contributed by atoms with Crippen molar-refractivity contribution in [1.82, 2.24) is 10.6 Å². The number of rotatable bonds is 7. The van der Waals surface area contributed by atoms with E-state index in [9.17, 15) is 0 Å². The lowest BCUT2D eigenvalue weighted by molar-refractivity contribution is -0.171. The Morgan fingerprint density at radius 2 is 2.12 bits per heavy atom. The Bertz CT molecular complexity index is 454. The molecule has 4 unspecified atom stereocenters. The molecule has 4 atom stereocenters. The predicted molar refractivity (Wildman–Crippen MR) is 113 cm³/mol. The SMILES string of the molecule is CCOC(CCNC(=NC)NC1C2CCOC2C12CCC2)C(C)C.I. The molecule has 6 heteroatoms. The molecule has 1 aliphatic heterocycles. The van der Waals surface area contributed by atoms with Crippen molar-refractivity contribution < 1.29 is 9.47 Å². The van der Waals surface area contributed by atoms with Crippen LogP contribution in [0.2, 0.25) is 0 Å². The van der Waals surface area contributed by atoms with Crippen LogP contribution in [0.3, 0.4) is 0 Å². The molecule has 146 valence electrons. The molecule has 2 aliphatic carbocycles. The average Bonchev–Trinajstić information content (AvgIpc) is 2.93. The Labute approximate surface area is 170 Å². The summed E-state index contributed by atoms with van der Waals surface area (Å²) in [6.07, 6.45) is 6.99. The Morgan fingerprint density at radius 3 is 2.68 bits per heavy atom. The molecule has 3 fully saturated rings. The summed E-state index contributed by atoms with van der Waals surface area (Å²) in [5.41, 5.74) is 0.393. The topological polar surface area (TPSA) is 54.9 Å². The lowest BCUT2D eigenvalue weighted by Crippen LogP contribution is -2.72. The highest BCUT2D eigenvalue weighted by Crippen LogP contribution is 2.62. The normalized spacial score (nSPS) is 30.9. The fourth-order valence-corrected chi connectivity index (χ4v) is 4.95. The van der Waals surface area contributed by atoms with Gasteiger partial charge in [-0.15, -0.1) is 24.0 Å². The van der Waals surface area contributed by atoms with Crippen LogP contribution in [0, 0.1) is 17.3 Å². The standard InChI is InChI=1S/C19H35N3O2.HI/c1-5-23-15(13(2)3)7-11-21-18(20-4)22-16-14-8-12-24-17(14)19(16)9-6-10-19;/h13-17H,5-12H2,1-4H3,(H2,20,21,22);1H. The number of aliphatic imine (C=N–C) groups is 1. The van der Waals surface area contributed by atoms with Crippen molar-refractivity contribution >= 4 is 29.9 Å². The monoisotopic (exact) mass is 465 g/mol. The van der Waals surface area contributed by atoms with Gasteiger partial charge in [0.1, 0.15) is 0 Å². The minimum absolute atomic E-state index is 0. The van der Waals surface area contributed by atoms with Crippen molar-refractivity contribution in [1.29, 1.82) is 0 Å². The van der Waals surface area contributed by atoms with Crippen LogP contribution in [-0.4, -0.2) is 51.0 Å². The lowest BCUT2D eigenvalue weighted by atomic mass is 9.46. The van der Waals surface area contributed by atoms with Gasteiger partial charge in [-0.05, 0) is 38.5 Å². The van der Waals surface area contributed by atoms with Gasteiger partial charge in [0.15, 0.2) is 5.96 Å². The maximum atomic E-state index is 6.00. The third-order valence-corrected chi connectivity index (χ3v) is 6.40. The van der Waals surface area contributed by atoms with Crippen molar-refractivity contribution in [3.05, 3.63) is 0 Å². The molecule has 0 radical (unpaired) electrons. The molecule has 2 saturated carbocycles. The summed E-state index contributed by atoms with van der Waals surface area (Å²) in [7, 11) is 1.87. The van der Waals surface area contributed by atoms with E-state index in [0.717, 1.165) is 32.1 Å². The highest BCUT2D eigenvalue weighted by molar-refractivity contribution is 14.0. The van der Waals surface area contributed by atoms with Gasteiger partial charge in [-0.2, -0.15) is 0 Å². The summed E-state index contributed by atoms with van der Waals surface area (Å²) in [6.45, 7) is 9.13. The van der Waals surface area contributed by atoms with Crippen molar-refractivity contribution in [2.75, 3.05) is 26.8 Å². The Hall–Kier alpha value is -0.0800. The zero-order chi connectivity index (χ0) is 17.2. The van der Waals surface area contributed by atoms with E-state index in [2.05, 4.69) is 36.4 Å². The summed E-state index contributed by atoms with van der Waals surface area (Å²) in [5, 5.41) is 7.22. The van der Waals surface area contributed by atoms with E-state index >= 15 is 0 Å². The predicted octanol–water partition coefficient (Wildman–Crippen LogP) is 3.18. The zero-order valence-electron chi connectivity index (χ0n) is 16.2. The number of guanidine groups is 1. The molecule has 0 aromatic rings. The molecule has 3 aliphatic rings. The molecule has 1 saturated heterocycles. The first kappa shape index (κ1) is 21.2. The van der Waals surface area contributed by atoms with E-state index in [1.807, 2.05) is 7.05 Å². The fourth-order valence-electron chi connectivity index (χ4n) is 4.95. The number of fused-ring (bicyclic) bond motifs is 2. The van der Waals surface area contributed by atoms with Gasteiger partial charge in [0.25, 0.3) is 0 Å². The third-order valence-electron chi connectivity index (χ3n) is 6.40. The highest BCUT2D eigenvalue weighted by atomic mass is 127. The lowest BCUT2D eigenvalue weighted by Gasteiger charge is -2.63. The summed E-state index contributed by atoms with van der Waals surface area (Å²) in [6, 6.07) is 0.540. The minimum atomic E-state index is 0. The van der Waals surface area contributed by atoms with Crippen LogP contribution in [-0.2, 0) is 9.47 Å². The van der Waals surface area contributed by atoms with E-state index in [1.54, 1.807) is 0 Å². The van der Waals surface area contributed by atoms with Crippen molar-refractivity contribution in [2.24, 2.45) is 22.2 Å². The maximum absolute atomic E-state index is 6.00. The molecule has 1 heterocycles. The number of halogens is 1. The largest absolute Gasteiger partial charge is 0.378 e. The van der Waals surface area contributed by atoms with Gasteiger partial charge >= 0.3 is 0 Å². The minimum Gasteiger partial charge on any atom is -0.378 e. The van der Waals surface area contributed by atoms with E-state index < -0.39 is 0 Å². The quantitative estimate of drug-likeness (QED) is 0.345. The summed E-state index contributed by atoms with van der Waals surface area (Å²) in [4.78, 5) is 4.45. The molecule has 0 aromatic carbocycles. The fraction of sp³-hybridized carbons (Fsp3) is 0.947. The van der Waals surface area contributed by atoms with Crippen LogP contribution in [0.1, 0.15) is 52.9 Å². The first-order valence-corrected chi connectivity index (χ1v) is 9.82. The first-order chi connectivity index (χ1) is 11.6. The van der Waals surface area contributed by atoms with Crippen LogP contribution < -0.4 is 10.6 Å². The molecule has 25 heavy (non-hydrogen) atoms. The second-order valence-electron chi connectivity index (χ2n) is 7.98. The number of hydrogen-bond acceptors (Lipinski definition) is 3.